The maximum absolute atomic E-state index is 12.1. The van der Waals surface area contributed by atoms with Gasteiger partial charge in [0.25, 0.3) is 0 Å². The lowest BCUT2D eigenvalue weighted by Crippen LogP contribution is -2.47. The van der Waals surface area contributed by atoms with Crippen LogP contribution in [0.25, 0.3) is 0 Å². The van der Waals surface area contributed by atoms with Gasteiger partial charge in [-0.15, -0.1) is 0 Å². The van der Waals surface area contributed by atoms with E-state index < -0.39 is 12.6 Å². The molecule has 1 heterocycles. The first-order chi connectivity index (χ1) is 8.42. The lowest BCUT2D eigenvalue weighted by atomic mass is 9.95. The van der Waals surface area contributed by atoms with Crippen LogP contribution in [0.4, 0.5) is 13.2 Å². The van der Waals surface area contributed by atoms with Crippen LogP contribution in [-0.4, -0.2) is 57.0 Å². The molecule has 0 aliphatic carbocycles. The van der Waals surface area contributed by atoms with Crippen molar-refractivity contribution in [2.24, 2.45) is 5.92 Å². The number of nitrogens with zero attached hydrogens (tertiary/aromatic N) is 1. The van der Waals surface area contributed by atoms with Crippen LogP contribution in [0.1, 0.15) is 19.8 Å². The molecule has 0 aromatic carbocycles. The molecule has 3 nitrogen and oxygen atoms in total. The van der Waals surface area contributed by atoms with E-state index in [1.807, 2.05) is 6.92 Å². The molecule has 108 valence electrons. The second-order valence-electron chi connectivity index (χ2n) is 4.92. The minimum atomic E-state index is -4.07. The van der Waals surface area contributed by atoms with E-state index >= 15 is 0 Å². The van der Waals surface area contributed by atoms with Gasteiger partial charge >= 0.3 is 6.18 Å². The van der Waals surface area contributed by atoms with Gasteiger partial charge in [-0.25, -0.2) is 0 Å². The Bertz CT molecular complexity index is 234. The zero-order valence-electron chi connectivity index (χ0n) is 11.1. The Balaban J connectivity index is 2.34. The van der Waals surface area contributed by atoms with Gasteiger partial charge in [0.1, 0.15) is 0 Å². The van der Waals surface area contributed by atoms with Gasteiger partial charge in [0.2, 0.25) is 0 Å². The molecule has 6 heteroatoms. The molecular weight excluding hydrogens is 245 g/mol. The van der Waals surface area contributed by atoms with Crippen LogP contribution < -0.4 is 5.32 Å². The fourth-order valence-corrected chi connectivity index (χ4v) is 2.32. The molecule has 1 N–H and O–H groups in total. The van der Waals surface area contributed by atoms with Crippen molar-refractivity contribution in [1.82, 2.24) is 10.2 Å². The molecule has 1 aliphatic heterocycles. The summed E-state index contributed by atoms with van der Waals surface area (Å²) in [5.41, 5.74) is 0. The topological polar surface area (TPSA) is 24.5 Å². The number of hydrogen-bond donors (Lipinski definition) is 1. The highest BCUT2D eigenvalue weighted by atomic mass is 19.4. The summed E-state index contributed by atoms with van der Waals surface area (Å²) in [6.07, 6.45) is -3.88. The largest absolute Gasteiger partial charge is 0.390 e. The van der Waals surface area contributed by atoms with Gasteiger partial charge in [0.15, 0.2) is 0 Å². The van der Waals surface area contributed by atoms with Gasteiger partial charge in [-0.1, -0.05) is 6.92 Å². The minimum absolute atomic E-state index is 0.0544. The third-order valence-electron chi connectivity index (χ3n) is 3.26. The Morgan fingerprint density at radius 3 is 2.72 bits per heavy atom. The molecule has 0 bridgehead atoms. The Labute approximate surface area is 107 Å². The highest BCUT2D eigenvalue weighted by Gasteiger charge is 2.29. The Morgan fingerprint density at radius 2 is 2.11 bits per heavy atom. The van der Waals surface area contributed by atoms with Crippen molar-refractivity contribution in [1.29, 1.82) is 0 Å². The zero-order chi connectivity index (χ0) is 13.6. The normalized spacial score (nSPS) is 25.7. The van der Waals surface area contributed by atoms with Gasteiger partial charge in [0.05, 0.1) is 13.0 Å². The summed E-state index contributed by atoms with van der Waals surface area (Å²) in [7, 11) is 1.74. The molecule has 0 radical (unpaired) electrons. The summed E-state index contributed by atoms with van der Waals surface area (Å²) in [6.45, 7) is 4.99. The molecule has 18 heavy (non-hydrogen) atoms. The molecule has 1 fully saturated rings. The minimum Gasteiger partial charge on any atom is -0.381 e. The molecule has 0 saturated carbocycles. The lowest BCUT2D eigenvalue weighted by molar-refractivity contribution is -0.137. The van der Waals surface area contributed by atoms with E-state index in [-0.39, 0.29) is 12.5 Å². The zero-order valence-corrected chi connectivity index (χ0v) is 11.1. The lowest BCUT2D eigenvalue weighted by Gasteiger charge is -2.34. The second-order valence-corrected chi connectivity index (χ2v) is 4.92. The van der Waals surface area contributed by atoms with Crippen molar-refractivity contribution in [3.63, 3.8) is 0 Å². The number of alkyl halides is 3. The first kappa shape index (κ1) is 15.7. The number of halogens is 3. The molecule has 0 spiro atoms. The van der Waals surface area contributed by atoms with Crippen LogP contribution in [0.5, 0.6) is 0 Å². The van der Waals surface area contributed by atoms with E-state index in [0.717, 1.165) is 19.6 Å². The number of rotatable bonds is 6. The summed E-state index contributed by atoms with van der Waals surface area (Å²) < 4.78 is 41.8. The highest BCUT2D eigenvalue weighted by molar-refractivity contribution is 4.81. The quantitative estimate of drug-likeness (QED) is 0.796. The van der Waals surface area contributed by atoms with Crippen LogP contribution in [0.3, 0.4) is 0 Å². The standard InChI is InChI=1S/C12H23F3N2O/c1-3-16-11-4-7-18-9-10(11)8-17(2)6-5-12(13,14)15/h10-11,16H,3-9H2,1-2H3. The molecule has 1 saturated heterocycles. The van der Waals surface area contributed by atoms with E-state index in [0.29, 0.717) is 19.2 Å². The summed E-state index contributed by atoms with van der Waals surface area (Å²) in [5, 5.41) is 3.38. The molecule has 0 aromatic heterocycles. The smallest absolute Gasteiger partial charge is 0.381 e. The number of ether oxygens (including phenoxy) is 1. The third-order valence-corrected chi connectivity index (χ3v) is 3.26. The maximum Gasteiger partial charge on any atom is 0.390 e. The van der Waals surface area contributed by atoms with Crippen LogP contribution in [0.2, 0.25) is 0 Å². The summed E-state index contributed by atoms with van der Waals surface area (Å²) in [6, 6.07) is 0.358. The Hall–Kier alpha value is -0.330. The fourth-order valence-electron chi connectivity index (χ4n) is 2.32. The predicted molar refractivity (Wildman–Crippen MR) is 64.6 cm³/mol. The van der Waals surface area contributed by atoms with Crippen molar-refractivity contribution < 1.29 is 17.9 Å². The SMILES string of the molecule is CCNC1CCOCC1CN(C)CCC(F)(F)F. The van der Waals surface area contributed by atoms with Crippen LogP contribution in [-0.2, 0) is 4.74 Å². The Kier molecular flexibility index (Phi) is 6.38. The average molecular weight is 268 g/mol. The van der Waals surface area contributed by atoms with Crippen LogP contribution in [0.15, 0.2) is 0 Å². The molecule has 1 rings (SSSR count). The second kappa shape index (κ2) is 7.31. The maximum atomic E-state index is 12.1. The van der Waals surface area contributed by atoms with Gasteiger partial charge in [-0.2, -0.15) is 13.2 Å². The predicted octanol–water partition coefficient (Wildman–Crippen LogP) is 1.89. The van der Waals surface area contributed by atoms with E-state index in [9.17, 15) is 13.2 Å². The van der Waals surface area contributed by atoms with Crippen molar-refractivity contribution in [3.05, 3.63) is 0 Å². The molecule has 1 aliphatic rings. The fraction of sp³-hybridized carbons (Fsp3) is 1.00. The van der Waals surface area contributed by atoms with Gasteiger partial charge < -0.3 is 15.0 Å². The van der Waals surface area contributed by atoms with Gasteiger partial charge in [-0.05, 0) is 20.0 Å². The molecule has 2 unspecified atom stereocenters. The monoisotopic (exact) mass is 268 g/mol. The van der Waals surface area contributed by atoms with Crippen molar-refractivity contribution in [3.8, 4) is 0 Å². The van der Waals surface area contributed by atoms with Gasteiger partial charge in [-0.3, -0.25) is 0 Å². The average Bonchev–Trinajstić information content (AvgIpc) is 2.29. The first-order valence-electron chi connectivity index (χ1n) is 6.48. The summed E-state index contributed by atoms with van der Waals surface area (Å²) in [5.74, 6) is 0.275. The number of hydrogen-bond acceptors (Lipinski definition) is 3. The van der Waals surface area contributed by atoms with E-state index in [4.69, 9.17) is 4.74 Å². The summed E-state index contributed by atoms with van der Waals surface area (Å²) in [4.78, 5) is 1.75. The first-order valence-corrected chi connectivity index (χ1v) is 6.48. The highest BCUT2D eigenvalue weighted by Crippen LogP contribution is 2.21. The number of nitrogens with one attached hydrogen (secondary N) is 1. The Morgan fingerprint density at radius 1 is 1.39 bits per heavy atom. The van der Waals surface area contributed by atoms with Gasteiger partial charge in [0, 0.05) is 31.7 Å². The van der Waals surface area contributed by atoms with Crippen molar-refractivity contribution in [2.75, 3.05) is 39.9 Å². The van der Waals surface area contributed by atoms with E-state index in [1.54, 1.807) is 11.9 Å². The summed E-state index contributed by atoms with van der Waals surface area (Å²) >= 11 is 0. The van der Waals surface area contributed by atoms with Crippen molar-refractivity contribution in [2.45, 2.75) is 32.0 Å². The van der Waals surface area contributed by atoms with Crippen LogP contribution >= 0.6 is 0 Å². The molecule has 0 amide bonds. The van der Waals surface area contributed by atoms with E-state index in [1.165, 1.54) is 0 Å². The van der Waals surface area contributed by atoms with Crippen LogP contribution in [0, 0.1) is 5.92 Å². The molecule has 0 aromatic rings. The van der Waals surface area contributed by atoms with Crippen molar-refractivity contribution >= 4 is 0 Å². The van der Waals surface area contributed by atoms with E-state index in [2.05, 4.69) is 5.32 Å². The molecule has 2 atom stereocenters. The third kappa shape index (κ3) is 6.02. The molecular formula is C12H23F3N2O.